The number of hydrogen-bond acceptors (Lipinski definition) is 1. The molecule has 1 nitrogen and oxygen atoms in total. The van der Waals surface area contributed by atoms with Crippen LogP contribution in [0.5, 0.6) is 0 Å². The molecule has 86 valence electrons. The van der Waals surface area contributed by atoms with Crippen molar-refractivity contribution in [2.75, 3.05) is 0 Å². The summed E-state index contributed by atoms with van der Waals surface area (Å²) in [7, 11) is 0. The Balaban J connectivity index is 2.05. The number of carbonyl (C=O) groups is 1. The third kappa shape index (κ3) is 1.09. The van der Waals surface area contributed by atoms with Gasteiger partial charge in [0, 0.05) is 11.8 Å². The first kappa shape index (κ1) is 10.3. The Morgan fingerprint density at radius 3 is 2.62 bits per heavy atom. The van der Waals surface area contributed by atoms with E-state index in [4.69, 9.17) is 0 Å². The summed E-state index contributed by atoms with van der Waals surface area (Å²) >= 11 is 0. The molecule has 16 heavy (non-hydrogen) atoms. The van der Waals surface area contributed by atoms with E-state index in [1.807, 2.05) is 6.08 Å². The monoisotopic (exact) mass is 216 g/mol. The number of ketones is 1. The van der Waals surface area contributed by atoms with Crippen LogP contribution in [0, 0.1) is 16.7 Å². The van der Waals surface area contributed by atoms with E-state index in [2.05, 4.69) is 26.8 Å². The molecule has 0 heterocycles. The zero-order valence-electron chi connectivity index (χ0n) is 10.5. The zero-order chi connectivity index (χ0) is 11.6. The Labute approximate surface area is 97.6 Å². The fraction of sp³-hybridized carbons (Fsp3) is 0.667. The molecule has 0 radical (unpaired) electrons. The first-order valence-electron chi connectivity index (χ1n) is 6.38. The molecule has 1 saturated carbocycles. The van der Waals surface area contributed by atoms with E-state index < -0.39 is 0 Å². The molecule has 1 fully saturated rings. The van der Waals surface area contributed by atoms with Crippen LogP contribution in [0.1, 0.15) is 46.5 Å². The fourth-order valence-corrected chi connectivity index (χ4v) is 3.98. The predicted molar refractivity (Wildman–Crippen MR) is 65.0 cm³/mol. The standard InChI is InChI=1S/C15H20O/c1-10-13-8-11(14(13,2)3)9-15(10)6-4-12(16)5-7-15/h4,6,11H,5,7-9H2,1-3H3. The van der Waals surface area contributed by atoms with Crippen molar-refractivity contribution < 1.29 is 4.79 Å². The lowest BCUT2D eigenvalue weighted by Gasteiger charge is -2.59. The molecule has 0 aromatic heterocycles. The molecular weight excluding hydrogens is 196 g/mol. The van der Waals surface area contributed by atoms with E-state index >= 15 is 0 Å². The molecule has 0 amide bonds. The van der Waals surface area contributed by atoms with Crippen molar-refractivity contribution in [2.24, 2.45) is 16.7 Å². The SMILES string of the molecule is CC1=C2CC(CC13C=CC(=O)CC3)C2(C)C. The highest BCUT2D eigenvalue weighted by Gasteiger charge is 2.54. The van der Waals surface area contributed by atoms with Crippen molar-refractivity contribution in [3.8, 4) is 0 Å². The molecule has 0 aliphatic heterocycles. The Kier molecular flexibility index (Phi) is 1.86. The molecule has 0 aromatic carbocycles. The minimum atomic E-state index is 0.252. The lowest BCUT2D eigenvalue weighted by molar-refractivity contribution is -0.115. The second-order valence-electron chi connectivity index (χ2n) is 6.39. The molecule has 0 N–H and O–H groups in total. The van der Waals surface area contributed by atoms with Crippen molar-refractivity contribution in [3.05, 3.63) is 23.3 Å². The smallest absolute Gasteiger partial charge is 0.155 e. The van der Waals surface area contributed by atoms with Crippen molar-refractivity contribution in [1.29, 1.82) is 0 Å². The normalized spacial score (nSPS) is 40.2. The van der Waals surface area contributed by atoms with Gasteiger partial charge in [-0.15, -0.1) is 0 Å². The maximum absolute atomic E-state index is 11.3. The van der Waals surface area contributed by atoms with Crippen LogP contribution in [-0.4, -0.2) is 5.78 Å². The van der Waals surface area contributed by atoms with E-state index in [-0.39, 0.29) is 5.41 Å². The lowest BCUT2D eigenvalue weighted by atomic mass is 9.45. The van der Waals surface area contributed by atoms with Gasteiger partial charge >= 0.3 is 0 Å². The van der Waals surface area contributed by atoms with Gasteiger partial charge in [-0.1, -0.05) is 31.1 Å². The van der Waals surface area contributed by atoms with E-state index in [1.165, 1.54) is 12.8 Å². The zero-order valence-corrected chi connectivity index (χ0v) is 10.5. The minimum absolute atomic E-state index is 0.252. The first-order valence-corrected chi connectivity index (χ1v) is 6.38. The molecule has 0 aromatic rings. The molecule has 0 saturated heterocycles. The number of rotatable bonds is 0. The molecule has 4 aliphatic carbocycles. The van der Waals surface area contributed by atoms with Gasteiger partial charge in [-0.25, -0.2) is 0 Å². The highest BCUT2D eigenvalue weighted by molar-refractivity contribution is 5.90. The Morgan fingerprint density at radius 1 is 1.38 bits per heavy atom. The average Bonchev–Trinajstić information content (AvgIpc) is 2.25. The highest BCUT2D eigenvalue weighted by atomic mass is 16.1. The number of allylic oxidation sites excluding steroid dienone is 4. The van der Waals surface area contributed by atoms with Crippen LogP contribution in [0.3, 0.4) is 0 Å². The van der Waals surface area contributed by atoms with Crippen LogP contribution in [0.2, 0.25) is 0 Å². The third-order valence-electron chi connectivity index (χ3n) is 5.46. The van der Waals surface area contributed by atoms with Crippen molar-refractivity contribution in [3.63, 3.8) is 0 Å². The van der Waals surface area contributed by atoms with Gasteiger partial charge in [-0.2, -0.15) is 0 Å². The van der Waals surface area contributed by atoms with E-state index in [1.54, 1.807) is 11.1 Å². The predicted octanol–water partition coefficient (Wildman–Crippen LogP) is 3.66. The van der Waals surface area contributed by atoms with Gasteiger partial charge in [0.05, 0.1) is 0 Å². The fourth-order valence-electron chi connectivity index (χ4n) is 3.98. The summed E-state index contributed by atoms with van der Waals surface area (Å²) in [6.07, 6.45) is 8.39. The molecule has 1 heteroatoms. The molecule has 4 aliphatic rings. The van der Waals surface area contributed by atoms with Gasteiger partial charge in [0.15, 0.2) is 5.78 Å². The largest absolute Gasteiger partial charge is 0.295 e. The molecule has 1 spiro atoms. The van der Waals surface area contributed by atoms with Crippen molar-refractivity contribution in [2.45, 2.75) is 46.5 Å². The summed E-state index contributed by atoms with van der Waals surface area (Å²) in [4.78, 5) is 11.3. The van der Waals surface area contributed by atoms with Crippen LogP contribution >= 0.6 is 0 Å². The minimum Gasteiger partial charge on any atom is -0.295 e. The maximum atomic E-state index is 11.3. The Bertz CT molecular complexity index is 425. The highest BCUT2D eigenvalue weighted by Crippen LogP contribution is 2.65. The first-order chi connectivity index (χ1) is 7.46. The maximum Gasteiger partial charge on any atom is 0.155 e. The van der Waals surface area contributed by atoms with Gasteiger partial charge in [-0.05, 0) is 43.6 Å². The van der Waals surface area contributed by atoms with Crippen molar-refractivity contribution >= 4 is 5.78 Å². The van der Waals surface area contributed by atoms with E-state index in [0.717, 1.165) is 18.8 Å². The van der Waals surface area contributed by atoms with Crippen LogP contribution in [0.4, 0.5) is 0 Å². The third-order valence-corrected chi connectivity index (χ3v) is 5.46. The molecular formula is C15H20O. The van der Waals surface area contributed by atoms with Gasteiger partial charge in [-0.3, -0.25) is 4.79 Å². The lowest BCUT2D eigenvalue weighted by Crippen LogP contribution is -2.48. The average molecular weight is 216 g/mol. The molecule has 4 rings (SSSR count). The van der Waals surface area contributed by atoms with Gasteiger partial charge in [0.1, 0.15) is 0 Å². The summed E-state index contributed by atoms with van der Waals surface area (Å²) in [5.74, 6) is 1.14. The number of carbonyl (C=O) groups excluding carboxylic acids is 1. The summed E-state index contributed by atoms with van der Waals surface area (Å²) in [6, 6.07) is 0. The summed E-state index contributed by atoms with van der Waals surface area (Å²) in [6.45, 7) is 7.06. The van der Waals surface area contributed by atoms with Crippen LogP contribution in [0.25, 0.3) is 0 Å². The Hall–Kier alpha value is -0.850. The molecule has 2 unspecified atom stereocenters. The van der Waals surface area contributed by atoms with Gasteiger partial charge in [0.2, 0.25) is 0 Å². The van der Waals surface area contributed by atoms with Crippen molar-refractivity contribution in [1.82, 2.24) is 0 Å². The quantitative estimate of drug-likeness (QED) is 0.565. The topological polar surface area (TPSA) is 17.1 Å². The summed E-state index contributed by atoms with van der Waals surface area (Å²) in [5, 5.41) is 0. The van der Waals surface area contributed by atoms with Crippen LogP contribution in [0.15, 0.2) is 23.3 Å². The number of hydrogen-bond donors (Lipinski definition) is 0. The van der Waals surface area contributed by atoms with Gasteiger partial charge < -0.3 is 0 Å². The molecule has 2 atom stereocenters. The van der Waals surface area contributed by atoms with E-state index in [0.29, 0.717) is 11.2 Å². The Morgan fingerprint density at radius 2 is 2.12 bits per heavy atom. The summed E-state index contributed by atoms with van der Waals surface area (Å²) in [5.41, 5.74) is 3.93. The summed E-state index contributed by atoms with van der Waals surface area (Å²) < 4.78 is 0. The van der Waals surface area contributed by atoms with Crippen LogP contribution < -0.4 is 0 Å². The second-order valence-corrected chi connectivity index (χ2v) is 6.39. The second kappa shape index (κ2) is 2.88. The molecule has 2 bridgehead atoms. The van der Waals surface area contributed by atoms with Crippen LogP contribution in [-0.2, 0) is 4.79 Å². The van der Waals surface area contributed by atoms with E-state index in [9.17, 15) is 4.79 Å². The van der Waals surface area contributed by atoms with Gasteiger partial charge in [0.25, 0.3) is 0 Å².